The number of hydrogen-bond donors (Lipinski definition) is 1. The Morgan fingerprint density at radius 2 is 2.00 bits per heavy atom. The zero-order valence-electron chi connectivity index (χ0n) is 7.87. The maximum absolute atomic E-state index is 12.7. The van der Waals surface area contributed by atoms with Crippen molar-refractivity contribution >= 4 is 11.9 Å². The number of nitrogens with zero attached hydrogens (tertiary/aromatic N) is 1. The molecule has 0 amide bonds. The van der Waals surface area contributed by atoms with E-state index in [2.05, 4.69) is 10.3 Å². The summed E-state index contributed by atoms with van der Waals surface area (Å²) in [6.45, 7) is 2.01. The van der Waals surface area contributed by atoms with E-state index in [4.69, 9.17) is 0 Å². The minimum absolute atomic E-state index is 0.127. The van der Waals surface area contributed by atoms with Crippen molar-refractivity contribution in [2.24, 2.45) is 4.99 Å². The van der Waals surface area contributed by atoms with Crippen LogP contribution in [-0.4, -0.2) is 12.4 Å². The van der Waals surface area contributed by atoms with Gasteiger partial charge in [0.2, 0.25) is 0 Å². The summed E-state index contributed by atoms with van der Waals surface area (Å²) < 4.78 is 12.7. The predicted molar refractivity (Wildman–Crippen MR) is 55.5 cm³/mol. The lowest BCUT2D eigenvalue weighted by molar-refractivity contribution is 0.627. The van der Waals surface area contributed by atoms with E-state index < -0.39 is 0 Å². The van der Waals surface area contributed by atoms with Gasteiger partial charge in [-0.25, -0.2) is 4.39 Å². The summed E-state index contributed by atoms with van der Waals surface area (Å²) >= 11 is 0. The van der Waals surface area contributed by atoms with Gasteiger partial charge in [0.1, 0.15) is 5.82 Å². The maximum atomic E-state index is 12.7. The van der Waals surface area contributed by atoms with E-state index in [0.717, 1.165) is 11.1 Å². The van der Waals surface area contributed by atoms with Gasteiger partial charge in [0.05, 0.1) is 12.4 Å². The van der Waals surface area contributed by atoms with Gasteiger partial charge in [-0.1, -0.05) is 12.1 Å². The average Bonchev–Trinajstić information content (AvgIpc) is 2.20. The summed E-state index contributed by atoms with van der Waals surface area (Å²) in [4.78, 5) is 4.21. The van der Waals surface area contributed by atoms with Gasteiger partial charge in [0.25, 0.3) is 0 Å². The fourth-order valence-electron chi connectivity index (χ4n) is 1.45. The van der Waals surface area contributed by atoms with Gasteiger partial charge in [-0.15, -0.1) is 0 Å². The van der Waals surface area contributed by atoms with Gasteiger partial charge in [0.15, 0.2) is 0 Å². The molecular weight excluding hydrogens is 179 g/mol. The molecule has 0 aliphatic carbocycles. The number of halogens is 1. The topological polar surface area (TPSA) is 24.4 Å². The molecule has 3 heteroatoms. The van der Waals surface area contributed by atoms with Crippen LogP contribution in [0.2, 0.25) is 0 Å². The summed E-state index contributed by atoms with van der Waals surface area (Å²) in [7, 11) is 0. The van der Waals surface area contributed by atoms with E-state index in [0.29, 0.717) is 0 Å². The first-order valence-electron chi connectivity index (χ1n) is 4.51. The summed E-state index contributed by atoms with van der Waals surface area (Å²) in [6, 6.07) is 6.57. The molecule has 0 fully saturated rings. The molecule has 1 heterocycles. The molecule has 1 aromatic rings. The molecule has 2 nitrogen and oxygen atoms in total. The SMILES string of the molecule is CC1N=CNC=C1c1ccc(F)cc1. The van der Waals surface area contributed by atoms with Gasteiger partial charge in [-0.05, 0) is 30.2 Å². The molecule has 0 spiro atoms. The van der Waals surface area contributed by atoms with Crippen molar-refractivity contribution in [1.82, 2.24) is 5.32 Å². The third-order valence-electron chi connectivity index (χ3n) is 2.24. The molecule has 1 N–H and O–H groups in total. The minimum atomic E-state index is -0.214. The first-order valence-corrected chi connectivity index (χ1v) is 4.51. The van der Waals surface area contributed by atoms with Crippen molar-refractivity contribution < 1.29 is 4.39 Å². The fourth-order valence-corrected chi connectivity index (χ4v) is 1.45. The Morgan fingerprint density at radius 3 is 2.64 bits per heavy atom. The molecule has 0 saturated heterocycles. The molecule has 14 heavy (non-hydrogen) atoms. The van der Waals surface area contributed by atoms with E-state index >= 15 is 0 Å². The lowest BCUT2D eigenvalue weighted by atomic mass is 10.0. The van der Waals surface area contributed by atoms with Crippen molar-refractivity contribution in [3.05, 3.63) is 41.8 Å². The van der Waals surface area contributed by atoms with E-state index in [1.807, 2.05) is 13.1 Å². The Labute approximate surface area is 82.2 Å². The molecule has 1 aliphatic heterocycles. The number of nitrogens with one attached hydrogen (secondary N) is 1. The van der Waals surface area contributed by atoms with Crippen LogP contribution in [-0.2, 0) is 0 Å². The van der Waals surface area contributed by atoms with Gasteiger partial charge in [-0.2, -0.15) is 0 Å². The average molecular weight is 190 g/mol. The standard InChI is InChI=1S/C11H11FN2/c1-8-11(6-13-7-14-8)9-2-4-10(12)5-3-9/h2-8H,1H3,(H,13,14). The molecule has 1 unspecified atom stereocenters. The van der Waals surface area contributed by atoms with Gasteiger partial charge < -0.3 is 5.32 Å². The van der Waals surface area contributed by atoms with Crippen molar-refractivity contribution in [2.75, 3.05) is 0 Å². The first kappa shape index (κ1) is 8.94. The van der Waals surface area contributed by atoms with Crippen LogP contribution in [0.3, 0.4) is 0 Å². The first-order chi connectivity index (χ1) is 6.77. The lowest BCUT2D eigenvalue weighted by Crippen LogP contribution is -2.16. The van der Waals surface area contributed by atoms with Crippen LogP contribution in [0.15, 0.2) is 35.5 Å². The molecule has 1 aliphatic rings. The van der Waals surface area contributed by atoms with E-state index in [-0.39, 0.29) is 11.9 Å². The summed E-state index contributed by atoms with van der Waals surface area (Å²) in [5, 5.41) is 2.93. The second kappa shape index (κ2) is 3.62. The Morgan fingerprint density at radius 1 is 1.29 bits per heavy atom. The second-order valence-electron chi connectivity index (χ2n) is 3.23. The Bertz CT molecular complexity index is 379. The minimum Gasteiger partial charge on any atom is -0.353 e. The smallest absolute Gasteiger partial charge is 0.123 e. The van der Waals surface area contributed by atoms with Gasteiger partial charge in [0, 0.05) is 6.20 Å². The number of rotatable bonds is 1. The van der Waals surface area contributed by atoms with Gasteiger partial charge >= 0.3 is 0 Å². The third-order valence-corrected chi connectivity index (χ3v) is 2.24. The highest BCUT2D eigenvalue weighted by Gasteiger charge is 2.11. The maximum Gasteiger partial charge on any atom is 0.123 e. The van der Waals surface area contributed by atoms with Crippen LogP contribution in [0.5, 0.6) is 0 Å². The van der Waals surface area contributed by atoms with Crippen molar-refractivity contribution in [3.63, 3.8) is 0 Å². The van der Waals surface area contributed by atoms with Crippen LogP contribution >= 0.6 is 0 Å². The highest BCUT2D eigenvalue weighted by atomic mass is 19.1. The number of benzene rings is 1. The number of hydrogen-bond acceptors (Lipinski definition) is 2. The molecule has 1 aromatic carbocycles. The van der Waals surface area contributed by atoms with Crippen molar-refractivity contribution in [2.45, 2.75) is 13.0 Å². The highest BCUT2D eigenvalue weighted by Crippen LogP contribution is 2.21. The largest absolute Gasteiger partial charge is 0.353 e. The van der Waals surface area contributed by atoms with Crippen LogP contribution in [0.4, 0.5) is 4.39 Å². The monoisotopic (exact) mass is 190 g/mol. The molecule has 0 aromatic heterocycles. The lowest BCUT2D eigenvalue weighted by Gasteiger charge is -2.15. The Hall–Kier alpha value is -1.64. The zero-order chi connectivity index (χ0) is 9.97. The summed E-state index contributed by atoms with van der Waals surface area (Å²) in [5.74, 6) is -0.214. The highest BCUT2D eigenvalue weighted by molar-refractivity contribution is 5.75. The van der Waals surface area contributed by atoms with E-state index in [1.165, 1.54) is 12.1 Å². The summed E-state index contributed by atoms with van der Waals surface area (Å²) in [6.07, 6.45) is 3.56. The predicted octanol–water partition coefficient (Wildman–Crippen LogP) is 2.19. The van der Waals surface area contributed by atoms with Gasteiger partial charge in [-0.3, -0.25) is 4.99 Å². The zero-order valence-corrected chi connectivity index (χ0v) is 7.87. The number of aliphatic imine (C=N–C) groups is 1. The van der Waals surface area contributed by atoms with Crippen LogP contribution < -0.4 is 5.32 Å². The fraction of sp³-hybridized carbons (Fsp3) is 0.182. The Balaban J connectivity index is 2.31. The second-order valence-corrected chi connectivity index (χ2v) is 3.23. The molecule has 0 bridgehead atoms. The molecule has 0 radical (unpaired) electrons. The normalized spacial score (nSPS) is 20.1. The summed E-state index contributed by atoms with van der Waals surface area (Å²) in [5.41, 5.74) is 2.08. The van der Waals surface area contributed by atoms with Crippen molar-refractivity contribution in [3.8, 4) is 0 Å². The van der Waals surface area contributed by atoms with Crippen LogP contribution in [0.1, 0.15) is 12.5 Å². The Kier molecular flexibility index (Phi) is 2.31. The molecular formula is C11H11FN2. The molecule has 2 rings (SSSR count). The van der Waals surface area contributed by atoms with E-state index in [9.17, 15) is 4.39 Å². The van der Waals surface area contributed by atoms with Crippen molar-refractivity contribution in [1.29, 1.82) is 0 Å². The van der Waals surface area contributed by atoms with Crippen LogP contribution in [0, 0.1) is 5.82 Å². The quantitative estimate of drug-likeness (QED) is 0.721. The third kappa shape index (κ3) is 1.66. The van der Waals surface area contributed by atoms with Crippen LogP contribution in [0.25, 0.3) is 5.57 Å². The molecule has 72 valence electrons. The molecule has 1 atom stereocenters. The van der Waals surface area contributed by atoms with E-state index in [1.54, 1.807) is 18.5 Å². The molecule has 0 saturated carbocycles.